The van der Waals surface area contributed by atoms with Crippen LogP contribution in [-0.4, -0.2) is 25.9 Å². The van der Waals surface area contributed by atoms with Crippen LogP contribution in [0.4, 0.5) is 11.4 Å². The number of fused-ring (bicyclic) bond motifs is 1. The van der Waals surface area contributed by atoms with Gasteiger partial charge in [0.05, 0.1) is 18.0 Å². The van der Waals surface area contributed by atoms with Crippen molar-refractivity contribution < 1.29 is 14.2 Å². The van der Waals surface area contributed by atoms with Crippen LogP contribution < -0.4 is 20.9 Å². The predicted octanol–water partition coefficient (Wildman–Crippen LogP) is 1.03. The van der Waals surface area contributed by atoms with Gasteiger partial charge in [0.15, 0.2) is 17.6 Å². The number of hydrogen-bond donors (Lipinski definition) is 2. The molecule has 0 spiro atoms. The van der Waals surface area contributed by atoms with Crippen molar-refractivity contribution >= 4 is 11.4 Å². The van der Waals surface area contributed by atoms with E-state index in [1.54, 1.807) is 12.1 Å². The Morgan fingerprint density at radius 2 is 2.00 bits per heavy atom. The second-order valence-corrected chi connectivity index (χ2v) is 3.61. The van der Waals surface area contributed by atoms with Crippen molar-refractivity contribution in [3.63, 3.8) is 0 Å². The molecule has 5 nitrogen and oxygen atoms in total. The third-order valence-corrected chi connectivity index (χ3v) is 2.38. The maximum atomic E-state index is 5.80. The molecule has 5 heteroatoms. The lowest BCUT2D eigenvalue weighted by molar-refractivity contribution is 0.0137. The van der Waals surface area contributed by atoms with Gasteiger partial charge in [-0.1, -0.05) is 0 Å². The molecule has 1 atom stereocenters. The average Bonchev–Trinajstić information content (AvgIpc) is 2.31. The fraction of sp³-hybridized carbons (Fsp3) is 0.455. The number of benzene rings is 1. The number of hydrogen-bond acceptors (Lipinski definition) is 5. The van der Waals surface area contributed by atoms with E-state index in [2.05, 4.69) is 0 Å². The highest BCUT2D eigenvalue weighted by atomic mass is 16.6. The van der Waals surface area contributed by atoms with E-state index in [4.69, 9.17) is 25.7 Å². The van der Waals surface area contributed by atoms with Crippen LogP contribution in [0.5, 0.6) is 11.5 Å². The van der Waals surface area contributed by atoms with E-state index >= 15 is 0 Å². The zero-order valence-electron chi connectivity index (χ0n) is 9.23. The zero-order chi connectivity index (χ0) is 11.5. The fourth-order valence-electron chi connectivity index (χ4n) is 1.57. The molecule has 0 amide bonds. The van der Waals surface area contributed by atoms with E-state index in [1.807, 2.05) is 6.92 Å². The first-order chi connectivity index (χ1) is 7.72. The molecule has 0 bridgehead atoms. The number of nitrogens with two attached hydrogens (primary N) is 2. The van der Waals surface area contributed by atoms with Crippen molar-refractivity contribution in [2.24, 2.45) is 0 Å². The third kappa shape index (κ3) is 1.99. The number of nitrogen functional groups attached to an aromatic ring is 2. The Labute approximate surface area is 94.3 Å². The van der Waals surface area contributed by atoms with E-state index in [9.17, 15) is 0 Å². The minimum Gasteiger partial charge on any atom is -0.484 e. The van der Waals surface area contributed by atoms with Gasteiger partial charge in [-0.2, -0.15) is 0 Å². The van der Waals surface area contributed by atoms with Crippen LogP contribution in [0.3, 0.4) is 0 Å². The van der Waals surface area contributed by atoms with E-state index in [0.717, 1.165) is 0 Å². The van der Waals surface area contributed by atoms with Crippen LogP contribution in [0.1, 0.15) is 6.92 Å². The number of ether oxygens (including phenoxy) is 3. The largest absolute Gasteiger partial charge is 0.484 e. The second-order valence-electron chi connectivity index (χ2n) is 3.61. The lowest BCUT2D eigenvalue weighted by atomic mass is 10.2. The highest BCUT2D eigenvalue weighted by Gasteiger charge is 2.24. The molecule has 1 heterocycles. The Hall–Kier alpha value is -1.62. The Bertz CT molecular complexity index is 382. The first kappa shape index (κ1) is 10.9. The van der Waals surface area contributed by atoms with Crippen molar-refractivity contribution in [2.75, 3.05) is 31.3 Å². The number of rotatable bonds is 3. The minimum absolute atomic E-state index is 0.128. The van der Waals surface area contributed by atoms with Crippen molar-refractivity contribution in [3.05, 3.63) is 12.1 Å². The summed E-state index contributed by atoms with van der Waals surface area (Å²) in [5.74, 6) is 1.06. The zero-order valence-corrected chi connectivity index (χ0v) is 9.23. The van der Waals surface area contributed by atoms with Crippen molar-refractivity contribution in [3.8, 4) is 11.5 Å². The summed E-state index contributed by atoms with van der Waals surface area (Å²) in [5.41, 5.74) is 12.6. The van der Waals surface area contributed by atoms with E-state index in [-0.39, 0.29) is 6.10 Å². The van der Waals surface area contributed by atoms with Crippen LogP contribution in [0, 0.1) is 0 Å². The van der Waals surface area contributed by atoms with Gasteiger partial charge in [0, 0.05) is 6.61 Å². The maximum absolute atomic E-state index is 5.80. The molecule has 88 valence electrons. The van der Waals surface area contributed by atoms with E-state index < -0.39 is 0 Å². The van der Waals surface area contributed by atoms with Gasteiger partial charge >= 0.3 is 0 Å². The van der Waals surface area contributed by atoms with Gasteiger partial charge < -0.3 is 25.7 Å². The van der Waals surface area contributed by atoms with Gasteiger partial charge in [0.2, 0.25) is 0 Å². The summed E-state index contributed by atoms with van der Waals surface area (Å²) < 4.78 is 16.5. The lowest BCUT2D eigenvalue weighted by Crippen LogP contribution is -2.34. The molecule has 0 aliphatic carbocycles. The highest BCUT2D eigenvalue weighted by molar-refractivity contribution is 5.71. The Morgan fingerprint density at radius 3 is 2.69 bits per heavy atom. The summed E-state index contributed by atoms with van der Waals surface area (Å²) in [6.07, 6.45) is -0.128. The number of anilines is 2. The molecular weight excluding hydrogens is 208 g/mol. The molecule has 0 fully saturated rings. The maximum Gasteiger partial charge on any atom is 0.186 e. The SMILES string of the molecule is CCOC[C@@H]1COc2c(N)ccc(N)c2O1. The monoisotopic (exact) mass is 224 g/mol. The molecule has 0 saturated carbocycles. The van der Waals surface area contributed by atoms with Crippen molar-refractivity contribution in [1.29, 1.82) is 0 Å². The summed E-state index contributed by atoms with van der Waals surface area (Å²) in [7, 11) is 0. The molecule has 0 unspecified atom stereocenters. The summed E-state index contributed by atoms with van der Waals surface area (Å²) in [4.78, 5) is 0. The summed E-state index contributed by atoms with van der Waals surface area (Å²) in [6, 6.07) is 3.42. The molecule has 4 N–H and O–H groups in total. The average molecular weight is 224 g/mol. The standard InChI is InChI=1S/C11H16N2O3/c1-2-14-5-7-6-15-10-8(12)3-4-9(13)11(10)16-7/h3-4,7H,2,5-6,12-13H2,1H3/t7-/m1/s1. The van der Waals surface area contributed by atoms with Gasteiger partial charge in [-0.25, -0.2) is 0 Å². The molecule has 0 saturated heterocycles. The molecule has 1 aliphatic rings. The van der Waals surface area contributed by atoms with Gasteiger partial charge in [0.25, 0.3) is 0 Å². The molecule has 2 rings (SSSR count). The van der Waals surface area contributed by atoms with Crippen LogP contribution in [0.15, 0.2) is 12.1 Å². The quantitative estimate of drug-likeness (QED) is 0.749. The Balaban J connectivity index is 2.16. The topological polar surface area (TPSA) is 79.7 Å². The fourth-order valence-corrected chi connectivity index (χ4v) is 1.57. The normalized spacial score (nSPS) is 18.4. The van der Waals surface area contributed by atoms with Crippen LogP contribution in [-0.2, 0) is 4.74 Å². The van der Waals surface area contributed by atoms with Gasteiger partial charge in [-0.3, -0.25) is 0 Å². The van der Waals surface area contributed by atoms with E-state index in [0.29, 0.717) is 42.7 Å². The molecule has 16 heavy (non-hydrogen) atoms. The summed E-state index contributed by atoms with van der Waals surface area (Å²) in [5, 5.41) is 0. The first-order valence-corrected chi connectivity index (χ1v) is 5.27. The lowest BCUT2D eigenvalue weighted by Gasteiger charge is -2.27. The Kier molecular flexibility index (Phi) is 3.05. The third-order valence-electron chi connectivity index (χ3n) is 2.38. The smallest absolute Gasteiger partial charge is 0.186 e. The van der Waals surface area contributed by atoms with Gasteiger partial charge in [0.1, 0.15) is 6.61 Å². The predicted molar refractivity (Wildman–Crippen MR) is 61.7 cm³/mol. The van der Waals surface area contributed by atoms with Crippen molar-refractivity contribution in [1.82, 2.24) is 0 Å². The molecule has 1 aliphatic heterocycles. The summed E-state index contributed by atoms with van der Waals surface area (Å²) in [6.45, 7) is 3.51. The van der Waals surface area contributed by atoms with Crippen LogP contribution in [0.2, 0.25) is 0 Å². The van der Waals surface area contributed by atoms with Gasteiger partial charge in [-0.15, -0.1) is 0 Å². The van der Waals surface area contributed by atoms with Crippen LogP contribution >= 0.6 is 0 Å². The van der Waals surface area contributed by atoms with Crippen molar-refractivity contribution in [2.45, 2.75) is 13.0 Å². The second kappa shape index (κ2) is 4.49. The molecular formula is C11H16N2O3. The van der Waals surface area contributed by atoms with Gasteiger partial charge in [-0.05, 0) is 19.1 Å². The minimum atomic E-state index is -0.128. The molecule has 0 radical (unpaired) electrons. The van der Waals surface area contributed by atoms with E-state index in [1.165, 1.54) is 0 Å². The van der Waals surface area contributed by atoms with Crippen LogP contribution in [0.25, 0.3) is 0 Å². The molecule has 1 aromatic carbocycles. The highest BCUT2D eigenvalue weighted by Crippen LogP contribution is 2.41. The molecule has 1 aromatic rings. The first-order valence-electron chi connectivity index (χ1n) is 5.27. The molecule has 0 aromatic heterocycles. The Morgan fingerprint density at radius 1 is 1.31 bits per heavy atom. The summed E-state index contributed by atoms with van der Waals surface area (Å²) >= 11 is 0.